The normalized spacial score (nSPS) is 13.5. The highest BCUT2D eigenvalue weighted by atomic mass is 16.5. The maximum atomic E-state index is 9.48. The maximum Gasteiger partial charge on any atom is 0.186 e. The minimum atomic E-state index is -1.95. The van der Waals surface area contributed by atoms with E-state index in [2.05, 4.69) is 6.92 Å². The molecule has 0 aromatic carbocycles. The number of unbranched alkanes of at least 4 members (excludes halogenated alkanes) is 13. The lowest BCUT2D eigenvalue weighted by Gasteiger charge is -2.22. The number of aliphatic hydroxyl groups excluding tert-OH is 1. The van der Waals surface area contributed by atoms with Crippen LogP contribution < -0.4 is 0 Å². The quantitative estimate of drug-likeness (QED) is 0.280. The summed E-state index contributed by atoms with van der Waals surface area (Å²) >= 11 is 0. The molecule has 0 aromatic heterocycles. The van der Waals surface area contributed by atoms with Crippen LogP contribution in [0.25, 0.3) is 0 Å². The molecule has 0 amide bonds. The highest BCUT2D eigenvalue weighted by Gasteiger charge is 2.25. The average molecular weight is 317 g/mol. The largest absolute Gasteiger partial charge is 0.388 e. The molecule has 0 aliphatic carbocycles. The van der Waals surface area contributed by atoms with Gasteiger partial charge in [0.05, 0.1) is 0 Å². The molecule has 0 aliphatic heterocycles. The van der Waals surface area contributed by atoms with Crippen molar-refractivity contribution in [1.82, 2.24) is 0 Å². The molecule has 134 valence electrons. The fourth-order valence-electron chi connectivity index (χ4n) is 2.81. The Balaban J connectivity index is 3.12. The van der Waals surface area contributed by atoms with Crippen molar-refractivity contribution >= 4 is 0 Å². The molecule has 1 atom stereocenters. The van der Waals surface area contributed by atoms with E-state index in [1.54, 1.807) is 0 Å². The van der Waals surface area contributed by atoms with E-state index in [9.17, 15) is 15.3 Å². The van der Waals surface area contributed by atoms with E-state index < -0.39 is 11.9 Å². The van der Waals surface area contributed by atoms with Gasteiger partial charge in [-0.2, -0.15) is 0 Å². The summed E-state index contributed by atoms with van der Waals surface area (Å²) in [6, 6.07) is 0. The van der Waals surface area contributed by atoms with Crippen molar-refractivity contribution in [3.8, 4) is 0 Å². The van der Waals surface area contributed by atoms with E-state index in [1.165, 1.54) is 84.0 Å². The second kappa shape index (κ2) is 14.5. The number of aliphatic hydroxyl groups is 3. The van der Waals surface area contributed by atoms with Crippen LogP contribution in [0.4, 0.5) is 0 Å². The molecule has 0 saturated carbocycles. The summed E-state index contributed by atoms with van der Waals surface area (Å²) in [4.78, 5) is 0. The molecule has 3 nitrogen and oxygen atoms in total. The molecule has 0 aliphatic rings. The summed E-state index contributed by atoms with van der Waals surface area (Å²) in [6.07, 6.45) is 17.7. The van der Waals surface area contributed by atoms with Gasteiger partial charge in [0, 0.05) is 0 Å². The molecule has 0 aromatic rings. The molecule has 22 heavy (non-hydrogen) atoms. The fraction of sp³-hybridized carbons (Fsp3) is 1.00. The fourth-order valence-corrected chi connectivity index (χ4v) is 2.81. The predicted octanol–water partition coefficient (Wildman–Crippen LogP) is 4.92. The molecule has 1 unspecified atom stereocenters. The Morgan fingerprint density at radius 1 is 0.636 bits per heavy atom. The van der Waals surface area contributed by atoms with Crippen LogP contribution in [-0.4, -0.2) is 27.2 Å². The van der Waals surface area contributed by atoms with Crippen LogP contribution in [0.5, 0.6) is 0 Å². The summed E-state index contributed by atoms with van der Waals surface area (Å²) in [5, 5.41) is 27.9. The highest BCUT2D eigenvalue weighted by Crippen LogP contribution is 2.16. The molecule has 0 rings (SSSR count). The van der Waals surface area contributed by atoms with Crippen molar-refractivity contribution in [3.05, 3.63) is 0 Å². The molecule has 3 heteroatoms. The predicted molar refractivity (Wildman–Crippen MR) is 93.8 cm³/mol. The zero-order valence-corrected chi connectivity index (χ0v) is 15.0. The number of hydrogen-bond acceptors (Lipinski definition) is 3. The van der Waals surface area contributed by atoms with Gasteiger partial charge < -0.3 is 15.3 Å². The number of hydrogen-bond donors (Lipinski definition) is 3. The van der Waals surface area contributed by atoms with Gasteiger partial charge in [-0.05, 0) is 13.3 Å². The Morgan fingerprint density at radius 3 is 1.27 bits per heavy atom. The Kier molecular flexibility index (Phi) is 14.4. The third-order valence-electron chi connectivity index (χ3n) is 4.46. The Morgan fingerprint density at radius 2 is 0.955 bits per heavy atom. The van der Waals surface area contributed by atoms with E-state index >= 15 is 0 Å². The first-order valence-electron chi connectivity index (χ1n) is 9.61. The zero-order chi connectivity index (χ0) is 16.7. The first kappa shape index (κ1) is 21.9. The van der Waals surface area contributed by atoms with Gasteiger partial charge in [-0.15, -0.1) is 0 Å². The first-order valence-corrected chi connectivity index (χ1v) is 9.61. The van der Waals surface area contributed by atoms with Crippen LogP contribution >= 0.6 is 0 Å². The Bertz CT molecular complexity index is 223. The smallest absolute Gasteiger partial charge is 0.186 e. The van der Waals surface area contributed by atoms with E-state index in [4.69, 9.17) is 0 Å². The van der Waals surface area contributed by atoms with Crippen molar-refractivity contribution < 1.29 is 15.3 Å². The minimum absolute atomic E-state index is 0.474. The van der Waals surface area contributed by atoms with Crippen molar-refractivity contribution in [2.75, 3.05) is 0 Å². The summed E-state index contributed by atoms with van der Waals surface area (Å²) in [7, 11) is 0. The SMILES string of the molecule is CCCCCCCCCCCCCCCCC(O)C(C)(O)O. The molecule has 0 saturated heterocycles. The standard InChI is InChI=1S/C19H40O3/c1-3-4-5-6-7-8-9-10-11-12-13-14-15-16-17-18(20)19(2,21)22/h18,20-22H,3-17H2,1-2H3. The van der Waals surface area contributed by atoms with Gasteiger partial charge in [-0.1, -0.05) is 96.8 Å². The molecular formula is C19H40O3. The first-order chi connectivity index (χ1) is 10.5. The average Bonchev–Trinajstić information content (AvgIpc) is 2.46. The van der Waals surface area contributed by atoms with Crippen LogP contribution in [0.15, 0.2) is 0 Å². The molecular weight excluding hydrogens is 276 g/mol. The van der Waals surface area contributed by atoms with Crippen LogP contribution in [0.3, 0.4) is 0 Å². The van der Waals surface area contributed by atoms with Crippen LogP contribution in [0, 0.1) is 0 Å². The Hall–Kier alpha value is -0.120. The monoisotopic (exact) mass is 316 g/mol. The molecule has 0 fully saturated rings. The number of rotatable bonds is 16. The second-order valence-electron chi connectivity index (χ2n) is 6.99. The summed E-state index contributed by atoms with van der Waals surface area (Å²) in [5.41, 5.74) is 0. The summed E-state index contributed by atoms with van der Waals surface area (Å²) < 4.78 is 0. The van der Waals surface area contributed by atoms with Crippen LogP contribution in [-0.2, 0) is 0 Å². The van der Waals surface area contributed by atoms with E-state index in [0.717, 1.165) is 12.8 Å². The van der Waals surface area contributed by atoms with Crippen molar-refractivity contribution in [1.29, 1.82) is 0 Å². The van der Waals surface area contributed by atoms with Gasteiger partial charge in [0.15, 0.2) is 5.79 Å². The molecule has 0 bridgehead atoms. The van der Waals surface area contributed by atoms with E-state index in [1.807, 2.05) is 0 Å². The van der Waals surface area contributed by atoms with E-state index in [0.29, 0.717) is 6.42 Å². The minimum Gasteiger partial charge on any atom is -0.388 e. The van der Waals surface area contributed by atoms with Gasteiger partial charge in [0.1, 0.15) is 6.10 Å². The van der Waals surface area contributed by atoms with Crippen molar-refractivity contribution in [3.63, 3.8) is 0 Å². The molecule has 0 heterocycles. The summed E-state index contributed by atoms with van der Waals surface area (Å²) in [6.45, 7) is 3.50. The topological polar surface area (TPSA) is 60.7 Å². The highest BCUT2D eigenvalue weighted by molar-refractivity contribution is 4.69. The molecule has 0 spiro atoms. The third kappa shape index (κ3) is 14.8. The van der Waals surface area contributed by atoms with Gasteiger partial charge >= 0.3 is 0 Å². The van der Waals surface area contributed by atoms with Gasteiger partial charge in [-0.25, -0.2) is 0 Å². The Labute approximate surface area is 138 Å². The molecule has 3 N–H and O–H groups in total. The van der Waals surface area contributed by atoms with Crippen molar-refractivity contribution in [2.24, 2.45) is 0 Å². The van der Waals surface area contributed by atoms with Gasteiger partial charge in [0.25, 0.3) is 0 Å². The lowest BCUT2D eigenvalue weighted by Crippen LogP contribution is -2.38. The van der Waals surface area contributed by atoms with Crippen LogP contribution in [0.1, 0.15) is 110 Å². The van der Waals surface area contributed by atoms with E-state index in [-0.39, 0.29) is 0 Å². The maximum absolute atomic E-state index is 9.48. The second-order valence-corrected chi connectivity index (χ2v) is 6.99. The lowest BCUT2D eigenvalue weighted by atomic mass is 10.0. The lowest BCUT2D eigenvalue weighted by molar-refractivity contribution is -0.212. The third-order valence-corrected chi connectivity index (χ3v) is 4.46. The zero-order valence-electron chi connectivity index (χ0n) is 15.0. The molecule has 0 radical (unpaired) electrons. The van der Waals surface area contributed by atoms with Gasteiger partial charge in [-0.3, -0.25) is 0 Å². The van der Waals surface area contributed by atoms with Crippen molar-refractivity contribution in [2.45, 2.75) is 122 Å². The van der Waals surface area contributed by atoms with Gasteiger partial charge in [0.2, 0.25) is 0 Å². The summed E-state index contributed by atoms with van der Waals surface area (Å²) in [5.74, 6) is -1.95. The van der Waals surface area contributed by atoms with Crippen LogP contribution in [0.2, 0.25) is 0 Å².